The summed E-state index contributed by atoms with van der Waals surface area (Å²) in [6.07, 6.45) is 5.29. The van der Waals surface area contributed by atoms with Crippen LogP contribution in [-0.2, 0) is 16.1 Å². The smallest absolute Gasteiger partial charge is 0.407 e. The Hall–Kier alpha value is -2.65. The Kier molecular flexibility index (Phi) is 6.78. The Bertz CT molecular complexity index is 955. The quantitative estimate of drug-likeness (QED) is 0.604. The SMILES string of the molecule is CN1CCC(c2cc3nc(c2)Nc2cc([nH]n2)[C@H]2CC[C@H](C2)OC(=O)NCCCOC3)CC1. The largest absolute Gasteiger partial charge is 0.446 e. The molecule has 2 aromatic heterocycles. The number of hydrogen-bond donors (Lipinski definition) is 3. The number of carbonyl (C=O) groups excluding carboxylic acids is 1. The zero-order valence-corrected chi connectivity index (χ0v) is 19.3. The van der Waals surface area contributed by atoms with Gasteiger partial charge < -0.3 is 25.0 Å². The third-order valence-corrected chi connectivity index (χ3v) is 7.03. The first-order chi connectivity index (χ1) is 16.1. The van der Waals surface area contributed by atoms with Crippen LogP contribution in [0.4, 0.5) is 16.4 Å². The van der Waals surface area contributed by atoms with Gasteiger partial charge in [0.05, 0.1) is 12.3 Å². The normalized spacial score (nSPS) is 25.4. The number of pyridine rings is 1. The van der Waals surface area contributed by atoms with Crippen molar-refractivity contribution in [2.45, 2.75) is 63.1 Å². The molecule has 1 aliphatic carbocycles. The number of nitrogens with zero attached hydrogens (tertiary/aromatic N) is 3. The molecule has 3 N–H and O–H groups in total. The minimum atomic E-state index is -0.342. The Balaban J connectivity index is 1.38. The van der Waals surface area contributed by atoms with Gasteiger partial charge in [-0.05, 0) is 82.3 Å². The molecular formula is C24H34N6O3. The topological polar surface area (TPSA) is 104 Å². The van der Waals surface area contributed by atoms with E-state index in [-0.39, 0.29) is 12.2 Å². The van der Waals surface area contributed by atoms with Gasteiger partial charge in [0, 0.05) is 30.8 Å². The van der Waals surface area contributed by atoms with Crippen LogP contribution in [0.25, 0.3) is 0 Å². The molecule has 0 aromatic carbocycles. The van der Waals surface area contributed by atoms with Gasteiger partial charge >= 0.3 is 6.09 Å². The van der Waals surface area contributed by atoms with Crippen LogP contribution in [0.2, 0.25) is 0 Å². The highest BCUT2D eigenvalue weighted by Crippen LogP contribution is 2.36. The summed E-state index contributed by atoms with van der Waals surface area (Å²) in [6.45, 7) is 3.76. The first kappa shape index (κ1) is 22.2. The lowest BCUT2D eigenvalue weighted by atomic mass is 9.89. The second-order valence-corrected chi connectivity index (χ2v) is 9.56. The fourth-order valence-electron chi connectivity index (χ4n) is 5.13. The molecule has 2 atom stereocenters. The summed E-state index contributed by atoms with van der Waals surface area (Å²) in [5.74, 6) is 2.41. The molecule has 9 heteroatoms. The van der Waals surface area contributed by atoms with E-state index in [2.05, 4.69) is 51.0 Å². The van der Waals surface area contributed by atoms with Crippen molar-refractivity contribution in [2.24, 2.45) is 0 Å². The van der Waals surface area contributed by atoms with E-state index in [1.807, 2.05) is 0 Å². The highest BCUT2D eigenvalue weighted by molar-refractivity contribution is 5.67. The van der Waals surface area contributed by atoms with Crippen molar-refractivity contribution < 1.29 is 14.3 Å². The second-order valence-electron chi connectivity index (χ2n) is 9.56. The van der Waals surface area contributed by atoms with Crippen LogP contribution in [-0.4, -0.2) is 65.6 Å². The lowest BCUT2D eigenvalue weighted by molar-refractivity contribution is 0.0956. The molecule has 4 heterocycles. The van der Waals surface area contributed by atoms with Gasteiger partial charge in [0.15, 0.2) is 5.82 Å². The van der Waals surface area contributed by atoms with Gasteiger partial charge in [-0.1, -0.05) is 0 Å². The lowest BCUT2D eigenvalue weighted by Crippen LogP contribution is -2.29. The van der Waals surface area contributed by atoms with Crippen LogP contribution in [0.15, 0.2) is 18.2 Å². The monoisotopic (exact) mass is 454 g/mol. The van der Waals surface area contributed by atoms with Gasteiger partial charge in [-0.2, -0.15) is 5.10 Å². The summed E-state index contributed by atoms with van der Waals surface area (Å²) in [4.78, 5) is 19.3. The maximum absolute atomic E-state index is 12.1. The van der Waals surface area contributed by atoms with E-state index >= 15 is 0 Å². The van der Waals surface area contributed by atoms with Crippen LogP contribution < -0.4 is 10.6 Å². The maximum Gasteiger partial charge on any atom is 0.407 e. The van der Waals surface area contributed by atoms with E-state index in [1.165, 1.54) is 5.56 Å². The number of H-pyrrole nitrogens is 1. The molecule has 0 radical (unpaired) electrons. The number of amides is 1. The molecule has 178 valence electrons. The number of fused-ring (bicyclic) bond motifs is 7. The van der Waals surface area contributed by atoms with E-state index in [0.29, 0.717) is 31.6 Å². The van der Waals surface area contributed by atoms with Crippen molar-refractivity contribution in [3.8, 4) is 0 Å². The van der Waals surface area contributed by atoms with E-state index in [1.54, 1.807) is 0 Å². The molecule has 1 saturated heterocycles. The Morgan fingerprint density at radius 3 is 2.82 bits per heavy atom. The average molecular weight is 455 g/mol. The number of anilines is 2. The molecule has 1 saturated carbocycles. The number of piperidine rings is 1. The van der Waals surface area contributed by atoms with Gasteiger partial charge in [-0.25, -0.2) is 9.78 Å². The summed E-state index contributed by atoms with van der Waals surface area (Å²) >= 11 is 0. The van der Waals surface area contributed by atoms with E-state index < -0.39 is 0 Å². The van der Waals surface area contributed by atoms with Crippen LogP contribution in [0.5, 0.6) is 0 Å². The summed E-state index contributed by atoms with van der Waals surface area (Å²) in [7, 11) is 2.18. The number of alkyl carbamates (subject to hydrolysis) is 1. The Labute approximate surface area is 194 Å². The molecule has 5 rings (SSSR count). The summed E-state index contributed by atoms with van der Waals surface area (Å²) < 4.78 is 11.5. The number of aromatic nitrogens is 3. The fourth-order valence-corrected chi connectivity index (χ4v) is 5.13. The predicted molar refractivity (Wildman–Crippen MR) is 125 cm³/mol. The molecule has 1 amide bonds. The highest BCUT2D eigenvalue weighted by Gasteiger charge is 2.30. The minimum Gasteiger partial charge on any atom is -0.446 e. The van der Waals surface area contributed by atoms with Crippen molar-refractivity contribution in [1.29, 1.82) is 0 Å². The number of aromatic amines is 1. The van der Waals surface area contributed by atoms with E-state index in [0.717, 1.165) is 74.6 Å². The molecule has 3 aliphatic rings. The van der Waals surface area contributed by atoms with Gasteiger partial charge in [0.1, 0.15) is 11.9 Å². The van der Waals surface area contributed by atoms with Crippen LogP contribution in [0.1, 0.15) is 67.3 Å². The van der Waals surface area contributed by atoms with Gasteiger partial charge in [0.2, 0.25) is 0 Å². The molecule has 2 aromatic rings. The second kappa shape index (κ2) is 10.1. The number of hydrogen-bond acceptors (Lipinski definition) is 7. The van der Waals surface area contributed by atoms with Crippen LogP contribution in [0, 0.1) is 0 Å². The summed E-state index contributed by atoms with van der Waals surface area (Å²) in [6, 6.07) is 6.40. The molecule has 0 unspecified atom stereocenters. The third kappa shape index (κ3) is 5.65. The molecule has 2 fully saturated rings. The molecule has 6 bridgehead atoms. The zero-order valence-electron chi connectivity index (χ0n) is 19.3. The predicted octanol–water partition coefficient (Wildman–Crippen LogP) is 3.64. The number of rotatable bonds is 1. The number of ether oxygens (including phenoxy) is 2. The summed E-state index contributed by atoms with van der Waals surface area (Å²) in [5.41, 5.74) is 3.30. The van der Waals surface area contributed by atoms with E-state index in [9.17, 15) is 4.79 Å². The molecule has 2 aliphatic heterocycles. The van der Waals surface area contributed by atoms with Crippen molar-refractivity contribution in [1.82, 2.24) is 25.4 Å². The highest BCUT2D eigenvalue weighted by atomic mass is 16.6. The lowest BCUT2D eigenvalue weighted by Gasteiger charge is -2.29. The Morgan fingerprint density at radius 1 is 1.06 bits per heavy atom. The minimum absolute atomic E-state index is 0.0553. The van der Waals surface area contributed by atoms with Gasteiger partial charge in [0.25, 0.3) is 0 Å². The average Bonchev–Trinajstić information content (AvgIpc) is 3.45. The molecule has 0 spiro atoms. The molecular weight excluding hydrogens is 420 g/mol. The fraction of sp³-hybridized carbons (Fsp3) is 0.625. The van der Waals surface area contributed by atoms with E-state index in [4.69, 9.17) is 14.5 Å². The van der Waals surface area contributed by atoms with Crippen molar-refractivity contribution in [2.75, 3.05) is 38.6 Å². The number of nitrogens with one attached hydrogen (secondary N) is 3. The van der Waals surface area contributed by atoms with Crippen LogP contribution in [0.3, 0.4) is 0 Å². The van der Waals surface area contributed by atoms with Crippen molar-refractivity contribution in [3.63, 3.8) is 0 Å². The van der Waals surface area contributed by atoms with Crippen molar-refractivity contribution in [3.05, 3.63) is 35.2 Å². The molecule has 9 nitrogen and oxygen atoms in total. The zero-order chi connectivity index (χ0) is 22.6. The first-order valence-corrected chi connectivity index (χ1v) is 12.2. The number of likely N-dealkylation sites (tertiary alicyclic amines) is 1. The van der Waals surface area contributed by atoms with Crippen molar-refractivity contribution >= 4 is 17.7 Å². The molecule has 33 heavy (non-hydrogen) atoms. The standard InChI is InChI=1S/C24H34N6O3/c1-30-8-5-16(6-9-30)18-11-19-15-32-10-2-7-25-24(31)33-20-4-3-17(12-20)21-14-23(29-28-21)27-22(13-18)26-19/h11,13-14,16-17,20H,2-10,12,15H2,1H3,(H,25,31)(H2,26,27,28,29)/t17-,20+/m0/s1. The summed E-state index contributed by atoms with van der Waals surface area (Å²) in [5, 5.41) is 13.9. The van der Waals surface area contributed by atoms with Crippen LogP contribution >= 0.6 is 0 Å². The maximum atomic E-state index is 12.1. The third-order valence-electron chi connectivity index (χ3n) is 7.03. The Morgan fingerprint density at radius 2 is 1.94 bits per heavy atom. The van der Waals surface area contributed by atoms with Gasteiger partial charge in [-0.15, -0.1) is 0 Å². The van der Waals surface area contributed by atoms with Gasteiger partial charge in [-0.3, -0.25) is 5.10 Å². The first-order valence-electron chi connectivity index (χ1n) is 12.2. The number of carbonyl (C=O) groups is 1.